The molecule has 1 saturated heterocycles. The van der Waals surface area contributed by atoms with E-state index in [4.69, 9.17) is 9.26 Å². The van der Waals surface area contributed by atoms with Crippen molar-refractivity contribution in [3.63, 3.8) is 0 Å². The van der Waals surface area contributed by atoms with Crippen LogP contribution in [0.2, 0.25) is 0 Å². The zero-order valence-corrected chi connectivity index (χ0v) is 14.7. The lowest BCUT2D eigenvalue weighted by Gasteiger charge is -2.22. The zero-order valence-electron chi connectivity index (χ0n) is 14.7. The van der Waals surface area contributed by atoms with Crippen molar-refractivity contribution in [2.45, 2.75) is 39.3 Å². The largest absolute Gasteiger partial charge is 0.488 e. The number of nitrogens with one attached hydrogen (secondary N) is 1. The Morgan fingerprint density at radius 3 is 3.16 bits per heavy atom. The Kier molecular flexibility index (Phi) is 4.21. The van der Waals surface area contributed by atoms with Crippen molar-refractivity contribution in [2.24, 2.45) is 0 Å². The molecule has 6 nitrogen and oxygen atoms in total. The number of likely N-dealkylation sites (N-methyl/N-ethyl adjacent to an activating group) is 1. The molecule has 132 valence electrons. The van der Waals surface area contributed by atoms with Crippen LogP contribution in [-0.4, -0.2) is 41.6 Å². The molecule has 0 unspecified atom stereocenters. The number of hydrogen-bond donors (Lipinski definition) is 1. The van der Waals surface area contributed by atoms with E-state index in [-0.39, 0.29) is 5.91 Å². The predicted molar refractivity (Wildman–Crippen MR) is 93.6 cm³/mol. The van der Waals surface area contributed by atoms with Gasteiger partial charge in [0.1, 0.15) is 12.4 Å². The van der Waals surface area contributed by atoms with E-state index in [1.807, 2.05) is 25.1 Å². The van der Waals surface area contributed by atoms with Crippen molar-refractivity contribution >= 4 is 5.91 Å². The standard InChI is InChI=1S/C19H23N3O3/c1-3-22-8-4-5-13(22)10-20-19(23)17-15-11-24-16-7-6-12(2)9-14(16)18(15)25-21-17/h6-7,9,13H,3-5,8,10-11H2,1-2H3,(H,20,23)/t13-/m0/s1. The molecule has 1 fully saturated rings. The summed E-state index contributed by atoms with van der Waals surface area (Å²) in [6, 6.07) is 6.33. The minimum Gasteiger partial charge on any atom is -0.488 e. The minimum absolute atomic E-state index is 0.187. The van der Waals surface area contributed by atoms with E-state index < -0.39 is 0 Å². The Morgan fingerprint density at radius 1 is 1.44 bits per heavy atom. The molecule has 0 saturated carbocycles. The number of rotatable bonds is 4. The second kappa shape index (κ2) is 6.52. The molecule has 0 spiro atoms. The number of fused-ring (bicyclic) bond motifs is 3. The number of hydrogen-bond acceptors (Lipinski definition) is 5. The van der Waals surface area contributed by atoms with Gasteiger partial charge in [0, 0.05) is 12.6 Å². The first-order valence-electron chi connectivity index (χ1n) is 8.92. The monoisotopic (exact) mass is 341 g/mol. The van der Waals surface area contributed by atoms with E-state index in [9.17, 15) is 4.79 Å². The van der Waals surface area contributed by atoms with Crippen LogP contribution in [0.5, 0.6) is 5.75 Å². The van der Waals surface area contributed by atoms with E-state index >= 15 is 0 Å². The summed E-state index contributed by atoms with van der Waals surface area (Å²) < 4.78 is 11.3. The number of amides is 1. The minimum atomic E-state index is -0.187. The fourth-order valence-corrected chi connectivity index (χ4v) is 3.77. The Bertz CT molecular complexity index is 799. The average Bonchev–Trinajstić information content (AvgIpc) is 3.26. The maximum Gasteiger partial charge on any atom is 0.273 e. The third-order valence-corrected chi connectivity index (χ3v) is 5.16. The quantitative estimate of drug-likeness (QED) is 0.926. The topological polar surface area (TPSA) is 67.6 Å². The Balaban J connectivity index is 1.52. The number of ether oxygens (including phenoxy) is 1. The summed E-state index contributed by atoms with van der Waals surface area (Å²) >= 11 is 0. The molecule has 2 aromatic rings. The number of likely N-dealkylation sites (tertiary alicyclic amines) is 1. The number of aromatic nitrogens is 1. The lowest BCUT2D eigenvalue weighted by atomic mass is 10.0. The Labute approximate surface area is 147 Å². The molecule has 25 heavy (non-hydrogen) atoms. The third-order valence-electron chi connectivity index (χ3n) is 5.16. The molecule has 3 heterocycles. The molecule has 1 amide bonds. The average molecular weight is 341 g/mol. The number of nitrogens with zero attached hydrogens (tertiary/aromatic N) is 2. The van der Waals surface area contributed by atoms with Crippen molar-refractivity contribution in [1.82, 2.24) is 15.4 Å². The zero-order chi connectivity index (χ0) is 17.4. The molecule has 6 heteroatoms. The number of aryl methyl sites for hydroxylation is 1. The molecular formula is C19H23N3O3. The molecule has 0 radical (unpaired) electrons. The van der Waals surface area contributed by atoms with Crippen LogP contribution in [0.3, 0.4) is 0 Å². The lowest BCUT2D eigenvalue weighted by Crippen LogP contribution is -2.40. The van der Waals surface area contributed by atoms with Gasteiger partial charge in [-0.15, -0.1) is 0 Å². The van der Waals surface area contributed by atoms with Crippen LogP contribution < -0.4 is 10.1 Å². The summed E-state index contributed by atoms with van der Waals surface area (Å²) in [5, 5.41) is 7.05. The summed E-state index contributed by atoms with van der Waals surface area (Å²) in [6.07, 6.45) is 2.32. The highest BCUT2D eigenvalue weighted by Crippen LogP contribution is 2.39. The molecule has 2 aliphatic rings. The van der Waals surface area contributed by atoms with E-state index in [1.165, 1.54) is 6.42 Å². The first-order chi connectivity index (χ1) is 12.2. The maximum atomic E-state index is 12.6. The van der Waals surface area contributed by atoms with Crippen LogP contribution in [-0.2, 0) is 6.61 Å². The van der Waals surface area contributed by atoms with Crippen molar-refractivity contribution in [3.05, 3.63) is 35.0 Å². The summed E-state index contributed by atoms with van der Waals surface area (Å²) in [5.41, 5.74) is 3.04. The summed E-state index contributed by atoms with van der Waals surface area (Å²) in [4.78, 5) is 15.0. The van der Waals surface area contributed by atoms with Crippen LogP contribution in [0.1, 0.15) is 41.4 Å². The second-order valence-corrected chi connectivity index (χ2v) is 6.76. The lowest BCUT2D eigenvalue weighted by molar-refractivity contribution is 0.0930. The van der Waals surface area contributed by atoms with Gasteiger partial charge in [-0.05, 0) is 45.0 Å². The van der Waals surface area contributed by atoms with Gasteiger partial charge in [-0.2, -0.15) is 0 Å². The first-order valence-corrected chi connectivity index (χ1v) is 8.92. The molecule has 4 rings (SSSR count). The molecule has 2 aliphatic heterocycles. The van der Waals surface area contributed by atoms with Crippen LogP contribution in [0.15, 0.2) is 22.7 Å². The SMILES string of the molecule is CCN1CCC[C@H]1CNC(=O)c1noc2c1COc1ccc(C)cc1-2. The van der Waals surface area contributed by atoms with E-state index in [1.54, 1.807) is 0 Å². The fraction of sp³-hybridized carbons (Fsp3) is 0.474. The van der Waals surface area contributed by atoms with Gasteiger partial charge >= 0.3 is 0 Å². The number of carbonyl (C=O) groups is 1. The summed E-state index contributed by atoms with van der Waals surface area (Å²) in [7, 11) is 0. The highest BCUT2D eigenvalue weighted by molar-refractivity contribution is 5.95. The van der Waals surface area contributed by atoms with E-state index in [2.05, 4.69) is 22.3 Å². The molecule has 1 aromatic heterocycles. The van der Waals surface area contributed by atoms with Gasteiger partial charge in [-0.3, -0.25) is 9.69 Å². The normalized spacial score (nSPS) is 19.2. The van der Waals surface area contributed by atoms with Crippen LogP contribution in [0, 0.1) is 6.92 Å². The van der Waals surface area contributed by atoms with E-state index in [0.717, 1.165) is 42.0 Å². The van der Waals surface area contributed by atoms with Crippen LogP contribution >= 0.6 is 0 Å². The van der Waals surface area contributed by atoms with Crippen molar-refractivity contribution in [1.29, 1.82) is 0 Å². The van der Waals surface area contributed by atoms with Crippen LogP contribution in [0.4, 0.5) is 0 Å². The van der Waals surface area contributed by atoms with Crippen molar-refractivity contribution in [2.75, 3.05) is 19.6 Å². The van der Waals surface area contributed by atoms with Crippen molar-refractivity contribution in [3.8, 4) is 17.1 Å². The molecule has 1 aromatic carbocycles. The fourth-order valence-electron chi connectivity index (χ4n) is 3.77. The maximum absolute atomic E-state index is 12.6. The first kappa shape index (κ1) is 16.1. The second-order valence-electron chi connectivity index (χ2n) is 6.76. The summed E-state index contributed by atoms with van der Waals surface area (Å²) in [5.74, 6) is 1.23. The van der Waals surface area contributed by atoms with Gasteiger partial charge in [0.2, 0.25) is 0 Å². The molecule has 1 N–H and O–H groups in total. The smallest absolute Gasteiger partial charge is 0.273 e. The van der Waals surface area contributed by atoms with Gasteiger partial charge < -0.3 is 14.6 Å². The van der Waals surface area contributed by atoms with Gasteiger partial charge in [0.05, 0.1) is 11.1 Å². The predicted octanol–water partition coefficient (Wildman–Crippen LogP) is 2.76. The van der Waals surface area contributed by atoms with Gasteiger partial charge in [0.25, 0.3) is 5.91 Å². The molecule has 0 aliphatic carbocycles. The van der Waals surface area contributed by atoms with Crippen molar-refractivity contribution < 1.29 is 14.1 Å². The Hall–Kier alpha value is -2.34. The Morgan fingerprint density at radius 2 is 2.32 bits per heavy atom. The van der Waals surface area contributed by atoms with E-state index in [0.29, 0.717) is 30.6 Å². The summed E-state index contributed by atoms with van der Waals surface area (Å²) in [6.45, 7) is 7.25. The van der Waals surface area contributed by atoms with Gasteiger partial charge in [-0.25, -0.2) is 0 Å². The number of benzene rings is 1. The molecule has 1 atom stereocenters. The van der Waals surface area contributed by atoms with Gasteiger partial charge in [0.15, 0.2) is 11.5 Å². The highest BCUT2D eigenvalue weighted by Gasteiger charge is 2.30. The van der Waals surface area contributed by atoms with Crippen LogP contribution in [0.25, 0.3) is 11.3 Å². The molecular weight excluding hydrogens is 318 g/mol. The highest BCUT2D eigenvalue weighted by atomic mass is 16.5. The van der Waals surface area contributed by atoms with Gasteiger partial charge in [-0.1, -0.05) is 23.7 Å². The third kappa shape index (κ3) is 2.91. The number of carbonyl (C=O) groups excluding carboxylic acids is 1. The molecule has 0 bridgehead atoms.